The molecule has 0 radical (unpaired) electrons. The number of benzene rings is 2. The van der Waals surface area contributed by atoms with Crippen LogP contribution in [-0.2, 0) is 0 Å². The van der Waals surface area contributed by atoms with Crippen molar-refractivity contribution in [2.75, 3.05) is 33.7 Å². The number of ether oxygens (including phenoxy) is 3. The Morgan fingerprint density at radius 1 is 1.00 bits per heavy atom. The lowest BCUT2D eigenvalue weighted by atomic mass is 10.1. The van der Waals surface area contributed by atoms with E-state index < -0.39 is 5.97 Å². The van der Waals surface area contributed by atoms with Crippen LogP contribution in [0.1, 0.15) is 10.4 Å². The Morgan fingerprint density at radius 2 is 1.64 bits per heavy atom. The zero-order valence-corrected chi connectivity index (χ0v) is 14.4. The topological polar surface area (TPSA) is 102 Å². The fourth-order valence-electron chi connectivity index (χ4n) is 2.21. The van der Waals surface area contributed by atoms with Gasteiger partial charge in [-0.25, -0.2) is 4.79 Å². The molecule has 0 aromatic heterocycles. The van der Waals surface area contributed by atoms with E-state index in [-0.39, 0.29) is 28.5 Å². The zero-order valence-electron chi connectivity index (χ0n) is 14.4. The Bertz CT molecular complexity index is 788. The fourth-order valence-corrected chi connectivity index (χ4v) is 2.21. The molecule has 0 aliphatic rings. The smallest absolute Gasteiger partial charge is 0.338 e. The average molecular weight is 345 g/mol. The number of rotatable bonds is 7. The van der Waals surface area contributed by atoms with Crippen molar-refractivity contribution in [3.63, 3.8) is 0 Å². The number of azo groups is 1. The largest absolute Gasteiger partial charge is 0.493 e. The molecule has 0 fully saturated rings. The van der Waals surface area contributed by atoms with Crippen LogP contribution < -0.4 is 19.5 Å². The number of hydrogen-bond donors (Lipinski definition) is 2. The normalized spacial score (nSPS) is 10.6. The number of anilines is 1. The second-order valence-electron chi connectivity index (χ2n) is 4.84. The summed E-state index contributed by atoms with van der Waals surface area (Å²) in [5.74, 6) is -0.572. The van der Waals surface area contributed by atoms with Gasteiger partial charge in [-0.2, -0.15) is 5.11 Å². The van der Waals surface area contributed by atoms with Crippen LogP contribution >= 0.6 is 0 Å². The van der Waals surface area contributed by atoms with Gasteiger partial charge in [0.05, 0.1) is 32.6 Å². The second-order valence-corrected chi connectivity index (χ2v) is 4.84. The van der Waals surface area contributed by atoms with Crippen molar-refractivity contribution < 1.29 is 24.1 Å². The van der Waals surface area contributed by atoms with E-state index >= 15 is 0 Å². The van der Waals surface area contributed by atoms with E-state index in [1.807, 2.05) is 19.2 Å². The molecule has 0 saturated heterocycles. The van der Waals surface area contributed by atoms with E-state index in [4.69, 9.17) is 14.2 Å². The van der Waals surface area contributed by atoms with Crippen molar-refractivity contribution in [3.05, 3.63) is 35.9 Å². The number of methoxy groups -OCH3 is 3. The Hall–Kier alpha value is -3.29. The molecule has 2 aromatic carbocycles. The summed E-state index contributed by atoms with van der Waals surface area (Å²) in [6.45, 7) is 0. The third-order valence-electron chi connectivity index (χ3n) is 3.46. The predicted molar refractivity (Wildman–Crippen MR) is 93.2 cm³/mol. The highest BCUT2D eigenvalue weighted by Gasteiger charge is 2.24. The van der Waals surface area contributed by atoms with Crippen LogP contribution in [0.15, 0.2) is 40.6 Å². The second kappa shape index (κ2) is 8.00. The summed E-state index contributed by atoms with van der Waals surface area (Å²) < 4.78 is 15.7. The molecule has 0 amide bonds. The van der Waals surface area contributed by atoms with Gasteiger partial charge in [-0.05, 0) is 24.3 Å². The quantitative estimate of drug-likeness (QED) is 0.739. The van der Waals surface area contributed by atoms with E-state index in [0.29, 0.717) is 5.69 Å². The molecule has 0 unspecified atom stereocenters. The van der Waals surface area contributed by atoms with Gasteiger partial charge in [0.1, 0.15) is 5.69 Å². The van der Waals surface area contributed by atoms with Crippen molar-refractivity contribution in [1.82, 2.24) is 0 Å². The van der Waals surface area contributed by atoms with Crippen molar-refractivity contribution >= 4 is 23.0 Å². The number of carbonyl (C=O) groups is 1. The number of nitrogens with one attached hydrogen (secondary N) is 1. The maximum absolute atomic E-state index is 11.6. The average Bonchev–Trinajstić information content (AvgIpc) is 2.64. The van der Waals surface area contributed by atoms with E-state index in [2.05, 4.69) is 15.5 Å². The zero-order chi connectivity index (χ0) is 18.4. The molecule has 25 heavy (non-hydrogen) atoms. The molecule has 0 saturated carbocycles. The first-order valence-electron chi connectivity index (χ1n) is 7.31. The van der Waals surface area contributed by atoms with Gasteiger partial charge in [0.15, 0.2) is 11.5 Å². The monoisotopic (exact) mass is 345 g/mol. The van der Waals surface area contributed by atoms with Crippen LogP contribution in [0.2, 0.25) is 0 Å². The van der Waals surface area contributed by atoms with E-state index in [1.165, 1.54) is 27.4 Å². The molecule has 132 valence electrons. The molecule has 0 aliphatic heterocycles. The number of carboxylic acid groups (broad SMARTS) is 1. The highest BCUT2D eigenvalue weighted by atomic mass is 16.5. The van der Waals surface area contributed by atoms with Crippen LogP contribution in [0, 0.1) is 0 Å². The highest BCUT2D eigenvalue weighted by molar-refractivity contribution is 5.97. The molecule has 8 heteroatoms. The minimum Gasteiger partial charge on any atom is -0.493 e. The SMILES string of the molecule is CNc1ccc(N=Nc2c(C(=O)O)cc(OC)c(OC)c2OC)cc1. The van der Waals surface area contributed by atoms with E-state index in [0.717, 1.165) is 5.69 Å². The van der Waals surface area contributed by atoms with Crippen molar-refractivity contribution in [2.45, 2.75) is 0 Å². The van der Waals surface area contributed by atoms with Gasteiger partial charge in [0.25, 0.3) is 0 Å². The van der Waals surface area contributed by atoms with Gasteiger partial charge in [0.2, 0.25) is 5.75 Å². The molecule has 0 aliphatic carbocycles. The molecule has 2 aromatic rings. The van der Waals surface area contributed by atoms with Gasteiger partial charge >= 0.3 is 5.97 Å². The molecule has 2 rings (SSSR count). The lowest BCUT2D eigenvalue weighted by Crippen LogP contribution is -2.02. The standard InChI is InChI=1S/C17H19N3O5/c1-18-10-5-7-11(8-6-10)19-20-14-12(17(21)22)9-13(23-2)15(24-3)16(14)25-4/h5-9,18H,1-4H3,(H,21,22). The van der Waals surface area contributed by atoms with Gasteiger partial charge in [0, 0.05) is 18.8 Å². The number of carboxylic acids is 1. The minimum atomic E-state index is -1.18. The first-order valence-corrected chi connectivity index (χ1v) is 7.31. The summed E-state index contributed by atoms with van der Waals surface area (Å²) in [7, 11) is 6.04. The van der Waals surface area contributed by atoms with Gasteiger partial charge in [-0.1, -0.05) is 0 Å². The molecular formula is C17H19N3O5. The lowest BCUT2D eigenvalue weighted by molar-refractivity contribution is 0.0697. The van der Waals surface area contributed by atoms with Crippen molar-refractivity contribution in [2.24, 2.45) is 10.2 Å². The number of aromatic carboxylic acids is 1. The maximum Gasteiger partial charge on any atom is 0.338 e. The minimum absolute atomic E-state index is 0.0466. The predicted octanol–water partition coefficient (Wildman–Crippen LogP) is 3.87. The molecule has 8 nitrogen and oxygen atoms in total. The van der Waals surface area contributed by atoms with Crippen molar-refractivity contribution in [3.8, 4) is 17.2 Å². The molecule has 0 atom stereocenters. The van der Waals surface area contributed by atoms with Gasteiger partial charge < -0.3 is 24.6 Å². The Kier molecular flexibility index (Phi) is 5.78. The number of nitrogens with zero attached hydrogens (tertiary/aromatic N) is 2. The highest BCUT2D eigenvalue weighted by Crippen LogP contribution is 2.47. The van der Waals surface area contributed by atoms with E-state index in [9.17, 15) is 9.90 Å². The summed E-state index contributed by atoms with van der Waals surface area (Å²) >= 11 is 0. The van der Waals surface area contributed by atoms with Crippen molar-refractivity contribution in [1.29, 1.82) is 0 Å². The van der Waals surface area contributed by atoms with Gasteiger partial charge in [-0.15, -0.1) is 5.11 Å². The summed E-state index contributed by atoms with van der Waals surface area (Å²) in [5.41, 5.74) is 1.43. The van der Waals surface area contributed by atoms with Crippen LogP contribution in [-0.4, -0.2) is 39.5 Å². The van der Waals surface area contributed by atoms with Crippen LogP contribution in [0.4, 0.5) is 17.1 Å². The third kappa shape index (κ3) is 3.79. The summed E-state index contributed by atoms with van der Waals surface area (Å²) in [6, 6.07) is 8.49. The summed E-state index contributed by atoms with van der Waals surface area (Å²) in [6.07, 6.45) is 0. The van der Waals surface area contributed by atoms with Crippen LogP contribution in [0.5, 0.6) is 17.2 Å². The molecule has 0 heterocycles. The number of hydrogen-bond acceptors (Lipinski definition) is 7. The first-order chi connectivity index (χ1) is 12.0. The Morgan fingerprint density at radius 3 is 2.12 bits per heavy atom. The van der Waals surface area contributed by atoms with E-state index in [1.54, 1.807) is 12.1 Å². The van der Waals surface area contributed by atoms with Gasteiger partial charge in [-0.3, -0.25) is 0 Å². The Balaban J connectivity index is 2.56. The molecule has 0 spiro atoms. The summed E-state index contributed by atoms with van der Waals surface area (Å²) in [4.78, 5) is 11.6. The maximum atomic E-state index is 11.6. The Labute approximate surface area is 145 Å². The molecular weight excluding hydrogens is 326 g/mol. The third-order valence-corrected chi connectivity index (χ3v) is 3.46. The molecule has 2 N–H and O–H groups in total. The molecule has 0 bridgehead atoms. The first kappa shape index (κ1) is 18.1. The fraction of sp³-hybridized carbons (Fsp3) is 0.235. The summed E-state index contributed by atoms with van der Waals surface area (Å²) in [5, 5.41) is 20.6. The van der Waals surface area contributed by atoms with Crippen LogP contribution in [0.25, 0.3) is 0 Å². The van der Waals surface area contributed by atoms with Crippen LogP contribution in [0.3, 0.4) is 0 Å². The lowest BCUT2D eigenvalue weighted by Gasteiger charge is -2.15.